The fourth-order valence-electron chi connectivity index (χ4n) is 4.31. The Hall–Kier alpha value is -1.29. The molecule has 1 aromatic heterocycles. The Labute approximate surface area is 192 Å². The number of nitrogens with zero attached hydrogens (tertiary/aromatic N) is 5. The Morgan fingerprint density at radius 2 is 1.93 bits per heavy atom. The molecule has 29 heavy (non-hydrogen) atoms. The van der Waals surface area contributed by atoms with Gasteiger partial charge in [-0.15, -0.1) is 24.0 Å². The summed E-state index contributed by atoms with van der Waals surface area (Å²) in [6.07, 6.45) is 6.71. The van der Waals surface area contributed by atoms with Gasteiger partial charge in [0.05, 0.1) is 6.54 Å². The minimum atomic E-state index is 0. The van der Waals surface area contributed by atoms with Crippen molar-refractivity contribution in [2.75, 3.05) is 53.4 Å². The summed E-state index contributed by atoms with van der Waals surface area (Å²) in [5, 5.41) is 3.47. The van der Waals surface area contributed by atoms with Crippen LogP contribution in [0.2, 0.25) is 0 Å². The van der Waals surface area contributed by atoms with Gasteiger partial charge in [0.1, 0.15) is 0 Å². The molecule has 1 amide bonds. The molecule has 0 aromatic carbocycles. The molecule has 1 aromatic rings. The molecule has 1 aliphatic carbocycles. The number of hydrogen-bond donors (Lipinski definition) is 1. The Morgan fingerprint density at radius 3 is 2.52 bits per heavy atom. The van der Waals surface area contributed by atoms with Gasteiger partial charge in [-0.05, 0) is 25.0 Å². The van der Waals surface area contributed by atoms with Crippen molar-refractivity contribution in [2.45, 2.75) is 32.2 Å². The molecule has 1 saturated carbocycles. The number of halogens is 1. The maximum atomic E-state index is 12.6. The first kappa shape index (κ1) is 24.0. The lowest BCUT2D eigenvalue weighted by Gasteiger charge is -2.36. The second-order valence-corrected chi connectivity index (χ2v) is 8.09. The highest BCUT2D eigenvalue weighted by molar-refractivity contribution is 14.0. The van der Waals surface area contributed by atoms with Crippen molar-refractivity contribution in [3.05, 3.63) is 24.0 Å². The third kappa shape index (κ3) is 6.60. The van der Waals surface area contributed by atoms with Crippen molar-refractivity contribution >= 4 is 35.8 Å². The van der Waals surface area contributed by atoms with E-state index in [-0.39, 0.29) is 24.0 Å². The highest BCUT2D eigenvalue weighted by atomic mass is 127. The van der Waals surface area contributed by atoms with Gasteiger partial charge in [-0.25, -0.2) is 0 Å². The van der Waals surface area contributed by atoms with E-state index in [0.29, 0.717) is 11.8 Å². The highest BCUT2D eigenvalue weighted by Crippen LogP contribution is 2.26. The highest BCUT2D eigenvalue weighted by Gasteiger charge is 2.29. The summed E-state index contributed by atoms with van der Waals surface area (Å²) in [5.74, 6) is 1.62. The maximum Gasteiger partial charge on any atom is 0.225 e. The van der Waals surface area contributed by atoms with Crippen LogP contribution < -0.4 is 5.32 Å². The van der Waals surface area contributed by atoms with Gasteiger partial charge in [0.2, 0.25) is 5.91 Å². The van der Waals surface area contributed by atoms with E-state index < -0.39 is 0 Å². The van der Waals surface area contributed by atoms with Gasteiger partial charge in [-0.1, -0.05) is 12.8 Å². The molecule has 164 valence electrons. The number of carbonyl (C=O) groups is 1. The number of hydrogen-bond acceptors (Lipinski definition) is 3. The lowest BCUT2D eigenvalue weighted by Crippen LogP contribution is -2.52. The molecule has 0 unspecified atom stereocenters. The van der Waals surface area contributed by atoms with E-state index in [1.807, 2.05) is 7.05 Å². The molecule has 0 spiro atoms. The molecule has 2 aliphatic rings. The van der Waals surface area contributed by atoms with Gasteiger partial charge < -0.3 is 19.7 Å². The lowest BCUT2D eigenvalue weighted by molar-refractivity contribution is -0.137. The number of guanidine groups is 1. The summed E-state index contributed by atoms with van der Waals surface area (Å²) in [6, 6.07) is 4.20. The van der Waals surface area contributed by atoms with Gasteiger partial charge >= 0.3 is 0 Å². The molecule has 0 atom stereocenters. The van der Waals surface area contributed by atoms with E-state index in [9.17, 15) is 4.79 Å². The van der Waals surface area contributed by atoms with Crippen LogP contribution in [0.3, 0.4) is 0 Å². The van der Waals surface area contributed by atoms with Crippen LogP contribution in [-0.2, 0) is 18.4 Å². The molecule has 0 radical (unpaired) electrons. The van der Waals surface area contributed by atoms with Crippen LogP contribution >= 0.6 is 24.0 Å². The molecule has 1 saturated heterocycles. The third-order valence-electron chi connectivity index (χ3n) is 6.12. The molecule has 7 nitrogen and oxygen atoms in total. The number of amides is 1. The van der Waals surface area contributed by atoms with E-state index in [0.717, 1.165) is 64.6 Å². The van der Waals surface area contributed by atoms with Crippen LogP contribution in [0.15, 0.2) is 23.3 Å². The van der Waals surface area contributed by atoms with E-state index in [1.54, 1.807) is 0 Å². The molecular formula is C21H37IN6O. The molecule has 1 N–H and O–H groups in total. The Balaban J connectivity index is 0.00000300. The number of carbonyl (C=O) groups excluding carboxylic acids is 1. The zero-order chi connectivity index (χ0) is 19.9. The summed E-state index contributed by atoms with van der Waals surface area (Å²) in [6.45, 7) is 6.35. The Morgan fingerprint density at radius 1 is 1.24 bits per heavy atom. The largest absolute Gasteiger partial charge is 0.355 e. The van der Waals surface area contributed by atoms with Gasteiger partial charge in [0.15, 0.2) is 5.96 Å². The van der Waals surface area contributed by atoms with Crippen LogP contribution in [-0.4, -0.2) is 84.5 Å². The van der Waals surface area contributed by atoms with Crippen molar-refractivity contribution in [3.8, 4) is 0 Å². The number of aryl methyl sites for hydroxylation is 1. The average Bonchev–Trinajstić information content (AvgIpc) is 3.38. The van der Waals surface area contributed by atoms with Gasteiger partial charge in [0, 0.05) is 78.2 Å². The van der Waals surface area contributed by atoms with Crippen LogP contribution in [0.4, 0.5) is 0 Å². The van der Waals surface area contributed by atoms with Crippen molar-refractivity contribution < 1.29 is 4.79 Å². The Bertz CT molecular complexity index is 662. The monoisotopic (exact) mass is 516 g/mol. The van der Waals surface area contributed by atoms with Crippen LogP contribution in [0.25, 0.3) is 0 Å². The smallest absolute Gasteiger partial charge is 0.225 e. The van der Waals surface area contributed by atoms with Gasteiger partial charge in [-0.2, -0.15) is 0 Å². The molecule has 8 heteroatoms. The number of rotatable bonds is 6. The fraction of sp³-hybridized carbons (Fsp3) is 0.714. The fourth-order valence-corrected chi connectivity index (χ4v) is 4.31. The van der Waals surface area contributed by atoms with Crippen LogP contribution in [0.5, 0.6) is 0 Å². The first-order valence-corrected chi connectivity index (χ1v) is 10.6. The van der Waals surface area contributed by atoms with Crippen LogP contribution in [0, 0.1) is 5.92 Å². The predicted molar refractivity (Wildman–Crippen MR) is 129 cm³/mol. The summed E-state index contributed by atoms with van der Waals surface area (Å²) >= 11 is 0. The molecule has 0 bridgehead atoms. The van der Waals surface area contributed by atoms with Crippen molar-refractivity contribution in [1.82, 2.24) is 24.6 Å². The van der Waals surface area contributed by atoms with Gasteiger partial charge in [0.25, 0.3) is 0 Å². The molecular weight excluding hydrogens is 479 g/mol. The molecule has 3 rings (SSSR count). The van der Waals surface area contributed by atoms with Gasteiger partial charge in [-0.3, -0.25) is 14.7 Å². The first-order valence-electron chi connectivity index (χ1n) is 10.6. The second-order valence-electron chi connectivity index (χ2n) is 8.09. The molecule has 1 aliphatic heterocycles. The minimum absolute atomic E-state index is 0. The number of nitrogens with one attached hydrogen (secondary N) is 1. The summed E-state index contributed by atoms with van der Waals surface area (Å²) in [5.41, 5.74) is 1.26. The quantitative estimate of drug-likeness (QED) is 0.357. The SMILES string of the molecule is CN=C(NCCN1CCN(C(=O)C2CCCC2)CC1)N(C)Cc1cccn1C.I. The van der Waals surface area contributed by atoms with Crippen LogP contribution in [0.1, 0.15) is 31.4 Å². The topological polar surface area (TPSA) is 56.1 Å². The second kappa shape index (κ2) is 11.8. The molecule has 2 fully saturated rings. The summed E-state index contributed by atoms with van der Waals surface area (Å²) in [4.78, 5) is 23.6. The maximum absolute atomic E-state index is 12.6. The van der Waals surface area contributed by atoms with Crippen molar-refractivity contribution in [2.24, 2.45) is 18.0 Å². The first-order chi connectivity index (χ1) is 13.6. The van der Waals surface area contributed by atoms with E-state index >= 15 is 0 Å². The van der Waals surface area contributed by atoms with Crippen molar-refractivity contribution in [3.63, 3.8) is 0 Å². The minimum Gasteiger partial charge on any atom is -0.355 e. The Kier molecular flexibility index (Phi) is 9.74. The predicted octanol–water partition coefficient (Wildman–Crippen LogP) is 1.98. The number of aliphatic imine (C=N–C) groups is 1. The van der Waals surface area contributed by atoms with E-state index in [2.05, 4.69) is 62.0 Å². The standard InChI is InChI=1S/C21H36N6O.HI/c1-22-21(25(3)17-19-9-6-11-24(19)2)23-10-12-26-13-15-27(16-14-26)20(28)18-7-4-5-8-18;/h6,9,11,18H,4-5,7-8,10,12-17H2,1-3H3,(H,22,23);1H. The van der Waals surface area contributed by atoms with E-state index in [4.69, 9.17) is 0 Å². The third-order valence-corrected chi connectivity index (χ3v) is 6.12. The zero-order valence-electron chi connectivity index (χ0n) is 18.1. The number of piperazine rings is 1. The normalized spacial score (nSPS) is 18.6. The lowest BCUT2D eigenvalue weighted by atomic mass is 10.1. The molecule has 2 heterocycles. The summed E-state index contributed by atoms with van der Waals surface area (Å²) < 4.78 is 2.14. The average molecular weight is 516 g/mol. The summed E-state index contributed by atoms with van der Waals surface area (Å²) in [7, 11) is 5.96. The van der Waals surface area contributed by atoms with Crippen molar-refractivity contribution in [1.29, 1.82) is 0 Å². The van der Waals surface area contributed by atoms with E-state index in [1.165, 1.54) is 18.5 Å². The number of aromatic nitrogens is 1. The zero-order valence-corrected chi connectivity index (χ0v) is 20.5.